The summed E-state index contributed by atoms with van der Waals surface area (Å²) in [6, 6.07) is 1.86. The Kier molecular flexibility index (Phi) is 3.38. The molecule has 15 heavy (non-hydrogen) atoms. The molecule has 0 aliphatic carbocycles. The Morgan fingerprint density at radius 2 is 2.53 bits per heavy atom. The Hall–Kier alpha value is -0.870. The van der Waals surface area contributed by atoms with Crippen molar-refractivity contribution in [2.45, 2.75) is 12.8 Å². The minimum absolute atomic E-state index is 0.131. The standard InChI is InChI=1S/C11H15NO2S/c1-14-9-4-6-15-11(9)10(13)8-3-2-5-12-7-8/h4,6,8,12H,2-3,5,7H2,1H3. The van der Waals surface area contributed by atoms with Crippen molar-refractivity contribution in [3.8, 4) is 5.75 Å². The number of methoxy groups -OCH3 is 1. The zero-order valence-electron chi connectivity index (χ0n) is 8.79. The molecular formula is C11H15NO2S. The highest BCUT2D eigenvalue weighted by atomic mass is 32.1. The number of thiophene rings is 1. The summed E-state index contributed by atoms with van der Waals surface area (Å²) < 4.78 is 5.17. The van der Waals surface area contributed by atoms with E-state index in [4.69, 9.17) is 4.74 Å². The van der Waals surface area contributed by atoms with Crippen LogP contribution in [0.1, 0.15) is 22.5 Å². The fourth-order valence-corrected chi connectivity index (χ4v) is 2.78. The predicted molar refractivity (Wildman–Crippen MR) is 60.8 cm³/mol. The van der Waals surface area contributed by atoms with Gasteiger partial charge in [0.1, 0.15) is 10.6 Å². The van der Waals surface area contributed by atoms with E-state index in [1.165, 1.54) is 11.3 Å². The van der Waals surface area contributed by atoms with E-state index in [2.05, 4.69) is 5.32 Å². The molecule has 4 heteroatoms. The van der Waals surface area contributed by atoms with E-state index in [9.17, 15) is 4.79 Å². The number of carbonyl (C=O) groups excluding carboxylic acids is 1. The lowest BCUT2D eigenvalue weighted by molar-refractivity contribution is 0.0901. The average Bonchev–Trinajstić information content (AvgIpc) is 2.77. The number of nitrogens with one attached hydrogen (secondary N) is 1. The van der Waals surface area contributed by atoms with Crippen LogP contribution in [0.2, 0.25) is 0 Å². The molecular weight excluding hydrogens is 210 g/mol. The summed E-state index contributed by atoms with van der Waals surface area (Å²) in [5.74, 6) is 1.08. The molecule has 2 heterocycles. The molecule has 0 aromatic carbocycles. The van der Waals surface area contributed by atoms with Crippen molar-refractivity contribution >= 4 is 17.1 Å². The van der Waals surface area contributed by atoms with E-state index in [1.807, 2.05) is 11.4 Å². The zero-order chi connectivity index (χ0) is 10.7. The summed E-state index contributed by atoms with van der Waals surface area (Å²) in [6.07, 6.45) is 2.08. The number of ether oxygens (including phenoxy) is 1. The van der Waals surface area contributed by atoms with Gasteiger partial charge < -0.3 is 10.1 Å². The Balaban J connectivity index is 2.12. The second-order valence-electron chi connectivity index (χ2n) is 3.73. The highest BCUT2D eigenvalue weighted by Crippen LogP contribution is 2.28. The Morgan fingerprint density at radius 3 is 3.20 bits per heavy atom. The van der Waals surface area contributed by atoms with Crippen LogP contribution in [0.3, 0.4) is 0 Å². The van der Waals surface area contributed by atoms with Gasteiger partial charge in [-0.2, -0.15) is 0 Å². The van der Waals surface area contributed by atoms with Crippen LogP contribution in [0.5, 0.6) is 5.75 Å². The summed E-state index contributed by atoms with van der Waals surface area (Å²) in [7, 11) is 1.61. The molecule has 82 valence electrons. The maximum Gasteiger partial charge on any atom is 0.180 e. The van der Waals surface area contributed by atoms with Gasteiger partial charge in [0.15, 0.2) is 5.78 Å². The van der Waals surface area contributed by atoms with Gasteiger partial charge in [-0.15, -0.1) is 11.3 Å². The quantitative estimate of drug-likeness (QED) is 0.799. The van der Waals surface area contributed by atoms with E-state index in [0.29, 0.717) is 0 Å². The maximum absolute atomic E-state index is 12.1. The second-order valence-corrected chi connectivity index (χ2v) is 4.64. The van der Waals surface area contributed by atoms with Crippen LogP contribution in [0.25, 0.3) is 0 Å². The summed E-state index contributed by atoms with van der Waals surface area (Å²) in [6.45, 7) is 1.84. The van der Waals surface area contributed by atoms with Crippen LogP contribution in [-0.4, -0.2) is 26.0 Å². The highest BCUT2D eigenvalue weighted by Gasteiger charge is 2.25. The number of hydrogen-bond donors (Lipinski definition) is 1. The fourth-order valence-electron chi connectivity index (χ4n) is 1.90. The molecule has 1 atom stereocenters. The van der Waals surface area contributed by atoms with Crippen molar-refractivity contribution in [3.63, 3.8) is 0 Å². The lowest BCUT2D eigenvalue weighted by Gasteiger charge is -2.21. The van der Waals surface area contributed by atoms with Crippen LogP contribution < -0.4 is 10.1 Å². The third kappa shape index (κ3) is 2.21. The van der Waals surface area contributed by atoms with Gasteiger partial charge in [0, 0.05) is 12.5 Å². The number of ketones is 1. The van der Waals surface area contributed by atoms with Crippen molar-refractivity contribution in [3.05, 3.63) is 16.3 Å². The topological polar surface area (TPSA) is 38.3 Å². The van der Waals surface area contributed by atoms with E-state index in [1.54, 1.807) is 7.11 Å². The molecule has 1 aromatic rings. The van der Waals surface area contributed by atoms with Gasteiger partial charge in [0.25, 0.3) is 0 Å². The summed E-state index contributed by atoms with van der Waals surface area (Å²) in [5, 5.41) is 5.16. The van der Waals surface area contributed by atoms with Crippen molar-refractivity contribution in [1.82, 2.24) is 5.32 Å². The molecule has 0 amide bonds. The van der Waals surface area contributed by atoms with Gasteiger partial charge in [0.2, 0.25) is 0 Å². The lowest BCUT2D eigenvalue weighted by atomic mass is 9.94. The third-order valence-electron chi connectivity index (χ3n) is 2.74. The predicted octanol–water partition coefficient (Wildman–Crippen LogP) is 1.94. The van der Waals surface area contributed by atoms with E-state index < -0.39 is 0 Å². The second kappa shape index (κ2) is 4.77. The van der Waals surface area contributed by atoms with E-state index in [-0.39, 0.29) is 11.7 Å². The van der Waals surface area contributed by atoms with Gasteiger partial charge in [-0.1, -0.05) is 0 Å². The van der Waals surface area contributed by atoms with Gasteiger partial charge in [-0.3, -0.25) is 4.79 Å². The monoisotopic (exact) mass is 225 g/mol. The Morgan fingerprint density at radius 1 is 1.67 bits per heavy atom. The molecule has 1 unspecified atom stereocenters. The third-order valence-corrected chi connectivity index (χ3v) is 3.65. The first-order valence-electron chi connectivity index (χ1n) is 5.19. The number of hydrogen-bond acceptors (Lipinski definition) is 4. The molecule has 1 aliphatic rings. The number of piperidine rings is 1. The molecule has 2 rings (SSSR count). The van der Waals surface area contributed by atoms with Crippen LogP contribution >= 0.6 is 11.3 Å². The van der Waals surface area contributed by atoms with Crippen LogP contribution in [-0.2, 0) is 0 Å². The Labute approximate surface area is 93.4 Å². The minimum atomic E-state index is 0.131. The largest absolute Gasteiger partial charge is 0.495 e. The molecule has 1 saturated heterocycles. The molecule has 1 aromatic heterocycles. The molecule has 0 spiro atoms. The molecule has 3 nitrogen and oxygen atoms in total. The molecule has 0 bridgehead atoms. The van der Waals surface area contributed by atoms with Crippen molar-refractivity contribution in [1.29, 1.82) is 0 Å². The highest BCUT2D eigenvalue weighted by molar-refractivity contribution is 7.12. The van der Waals surface area contributed by atoms with Crippen molar-refractivity contribution in [2.24, 2.45) is 5.92 Å². The van der Waals surface area contributed by atoms with Gasteiger partial charge in [-0.05, 0) is 30.8 Å². The summed E-state index contributed by atoms with van der Waals surface area (Å²) in [4.78, 5) is 12.9. The zero-order valence-corrected chi connectivity index (χ0v) is 9.60. The van der Waals surface area contributed by atoms with Crippen molar-refractivity contribution in [2.75, 3.05) is 20.2 Å². The SMILES string of the molecule is COc1ccsc1C(=O)C1CCCNC1. The fraction of sp³-hybridized carbons (Fsp3) is 0.545. The number of carbonyl (C=O) groups is 1. The number of Topliss-reactive ketones (excluding diaryl/α,β-unsaturated/α-hetero) is 1. The first kappa shape index (κ1) is 10.6. The average molecular weight is 225 g/mol. The van der Waals surface area contributed by atoms with Gasteiger partial charge in [-0.25, -0.2) is 0 Å². The Bertz CT molecular complexity index is 342. The lowest BCUT2D eigenvalue weighted by Crippen LogP contribution is -2.34. The first-order valence-corrected chi connectivity index (χ1v) is 6.07. The molecule has 0 saturated carbocycles. The first-order chi connectivity index (χ1) is 7.33. The van der Waals surface area contributed by atoms with E-state index >= 15 is 0 Å². The van der Waals surface area contributed by atoms with Gasteiger partial charge in [0.05, 0.1) is 7.11 Å². The molecule has 1 aliphatic heterocycles. The van der Waals surface area contributed by atoms with E-state index in [0.717, 1.165) is 36.6 Å². The molecule has 0 radical (unpaired) electrons. The van der Waals surface area contributed by atoms with Crippen molar-refractivity contribution < 1.29 is 9.53 Å². The normalized spacial score (nSPS) is 21.3. The smallest absolute Gasteiger partial charge is 0.180 e. The van der Waals surface area contributed by atoms with Gasteiger partial charge >= 0.3 is 0 Å². The molecule has 1 N–H and O–H groups in total. The van der Waals surface area contributed by atoms with Crippen LogP contribution in [0, 0.1) is 5.92 Å². The van der Waals surface area contributed by atoms with Crippen LogP contribution in [0.4, 0.5) is 0 Å². The molecule has 1 fully saturated rings. The maximum atomic E-state index is 12.1. The van der Waals surface area contributed by atoms with Crippen LogP contribution in [0.15, 0.2) is 11.4 Å². The number of rotatable bonds is 3. The minimum Gasteiger partial charge on any atom is -0.495 e. The summed E-state index contributed by atoms with van der Waals surface area (Å²) in [5.41, 5.74) is 0. The summed E-state index contributed by atoms with van der Waals surface area (Å²) >= 11 is 1.47.